The molecule has 8 heteroatoms. The second-order valence-electron chi connectivity index (χ2n) is 7.16. The van der Waals surface area contributed by atoms with Crippen molar-refractivity contribution in [2.75, 3.05) is 18.4 Å². The van der Waals surface area contributed by atoms with Crippen molar-refractivity contribution in [3.63, 3.8) is 0 Å². The third-order valence-electron chi connectivity index (χ3n) is 5.13. The number of anilines is 1. The van der Waals surface area contributed by atoms with Crippen molar-refractivity contribution in [1.82, 2.24) is 9.88 Å². The van der Waals surface area contributed by atoms with E-state index in [1.807, 2.05) is 6.92 Å². The topological polar surface area (TPSA) is 65.2 Å². The number of fused-ring (bicyclic) bond motifs is 2. The van der Waals surface area contributed by atoms with Gasteiger partial charge in [-0.1, -0.05) is 6.07 Å². The lowest BCUT2D eigenvalue weighted by Crippen LogP contribution is -2.39. The van der Waals surface area contributed by atoms with E-state index in [0.29, 0.717) is 24.0 Å². The molecular formula is C21H18F3N3O2. The maximum atomic E-state index is 14.3. The molecule has 5 nitrogen and oxygen atoms in total. The monoisotopic (exact) mass is 401 g/mol. The van der Waals surface area contributed by atoms with Crippen LogP contribution in [0.15, 0.2) is 35.1 Å². The number of aromatic nitrogens is 1. The van der Waals surface area contributed by atoms with Gasteiger partial charge >= 0.3 is 0 Å². The molecule has 0 aliphatic carbocycles. The minimum Gasteiger partial charge on any atom is -0.358 e. The number of aryl methyl sites for hydroxylation is 1. The van der Waals surface area contributed by atoms with E-state index < -0.39 is 23.4 Å². The molecule has 1 aliphatic rings. The van der Waals surface area contributed by atoms with Crippen LogP contribution in [0.1, 0.15) is 16.8 Å². The van der Waals surface area contributed by atoms with Crippen LogP contribution in [0.4, 0.5) is 18.9 Å². The highest BCUT2D eigenvalue weighted by Crippen LogP contribution is 2.22. The molecule has 0 unspecified atom stereocenters. The van der Waals surface area contributed by atoms with Gasteiger partial charge in [0, 0.05) is 42.5 Å². The molecule has 1 amide bonds. The Balaban J connectivity index is 1.54. The summed E-state index contributed by atoms with van der Waals surface area (Å²) >= 11 is 0. The Morgan fingerprint density at radius 3 is 2.66 bits per heavy atom. The molecule has 2 N–H and O–H groups in total. The van der Waals surface area contributed by atoms with Crippen molar-refractivity contribution in [3.8, 4) is 0 Å². The summed E-state index contributed by atoms with van der Waals surface area (Å²) in [6.45, 7) is 2.49. The number of H-pyrrole nitrogens is 1. The van der Waals surface area contributed by atoms with Crippen molar-refractivity contribution in [2.45, 2.75) is 19.9 Å². The number of aromatic amines is 1. The summed E-state index contributed by atoms with van der Waals surface area (Å²) in [4.78, 5) is 30.1. The van der Waals surface area contributed by atoms with Crippen LogP contribution in [0.2, 0.25) is 0 Å². The van der Waals surface area contributed by atoms with E-state index in [-0.39, 0.29) is 29.6 Å². The third-order valence-corrected chi connectivity index (χ3v) is 5.13. The van der Waals surface area contributed by atoms with E-state index in [4.69, 9.17) is 0 Å². The molecule has 1 aliphatic heterocycles. The highest BCUT2D eigenvalue weighted by molar-refractivity contribution is 5.92. The van der Waals surface area contributed by atoms with Crippen LogP contribution < -0.4 is 10.7 Å². The number of rotatable bonds is 3. The molecule has 0 bridgehead atoms. The number of halogens is 3. The molecule has 0 fully saturated rings. The van der Waals surface area contributed by atoms with Crippen LogP contribution >= 0.6 is 0 Å². The van der Waals surface area contributed by atoms with Gasteiger partial charge in [-0.15, -0.1) is 0 Å². The molecule has 0 saturated heterocycles. The molecule has 29 heavy (non-hydrogen) atoms. The van der Waals surface area contributed by atoms with E-state index >= 15 is 0 Å². The van der Waals surface area contributed by atoms with Gasteiger partial charge < -0.3 is 10.3 Å². The number of hydrogen-bond acceptors (Lipinski definition) is 3. The zero-order valence-corrected chi connectivity index (χ0v) is 15.6. The van der Waals surface area contributed by atoms with Crippen LogP contribution in [-0.4, -0.2) is 28.9 Å². The Hall–Kier alpha value is -3.13. The number of nitrogens with one attached hydrogen (secondary N) is 2. The number of pyridine rings is 1. The van der Waals surface area contributed by atoms with Crippen LogP contribution in [0, 0.1) is 24.4 Å². The van der Waals surface area contributed by atoms with Crippen molar-refractivity contribution >= 4 is 22.5 Å². The van der Waals surface area contributed by atoms with Crippen LogP contribution in [-0.2, 0) is 17.8 Å². The first-order chi connectivity index (χ1) is 13.8. The normalized spacial score (nSPS) is 14.1. The lowest BCUT2D eigenvalue weighted by molar-refractivity contribution is -0.117. The van der Waals surface area contributed by atoms with Crippen LogP contribution in [0.5, 0.6) is 0 Å². The standard InChI is InChI=1S/C21H18F3N3O2/c1-11-2-4-15(23)19-20(11)26-17-6-7-27(9-13(17)21(19)29)10-18(28)25-12-3-5-14(22)16(24)8-12/h2-5,8H,6-7,9-10H2,1H3,(H,25,28)(H,26,29). The van der Waals surface area contributed by atoms with Gasteiger partial charge in [0.15, 0.2) is 17.1 Å². The highest BCUT2D eigenvalue weighted by atomic mass is 19.2. The first-order valence-electron chi connectivity index (χ1n) is 9.13. The average Bonchev–Trinajstić information content (AvgIpc) is 2.68. The fourth-order valence-electron chi connectivity index (χ4n) is 3.64. The first-order valence-corrected chi connectivity index (χ1v) is 9.13. The van der Waals surface area contributed by atoms with E-state index in [1.165, 1.54) is 12.1 Å². The van der Waals surface area contributed by atoms with Gasteiger partial charge in [0.25, 0.3) is 0 Å². The molecule has 4 rings (SSSR count). The van der Waals surface area contributed by atoms with Crippen LogP contribution in [0.25, 0.3) is 10.9 Å². The van der Waals surface area contributed by atoms with Crippen molar-refractivity contribution in [3.05, 3.63) is 74.8 Å². The Labute approximate surface area is 164 Å². The smallest absolute Gasteiger partial charge is 0.238 e. The largest absolute Gasteiger partial charge is 0.358 e. The maximum Gasteiger partial charge on any atom is 0.238 e. The second kappa shape index (κ2) is 7.36. The highest BCUT2D eigenvalue weighted by Gasteiger charge is 2.24. The van der Waals surface area contributed by atoms with Crippen LogP contribution in [0.3, 0.4) is 0 Å². The number of benzene rings is 2. The molecular weight excluding hydrogens is 383 g/mol. The molecule has 1 aromatic heterocycles. The lowest BCUT2D eigenvalue weighted by atomic mass is 10.0. The Morgan fingerprint density at radius 2 is 1.90 bits per heavy atom. The molecule has 0 atom stereocenters. The lowest BCUT2D eigenvalue weighted by Gasteiger charge is -2.28. The summed E-state index contributed by atoms with van der Waals surface area (Å²) in [5.41, 5.74) is 2.24. The average molecular weight is 401 g/mol. The summed E-state index contributed by atoms with van der Waals surface area (Å²) in [6.07, 6.45) is 0.509. The fourth-order valence-corrected chi connectivity index (χ4v) is 3.64. The van der Waals surface area contributed by atoms with Crippen molar-refractivity contribution in [1.29, 1.82) is 0 Å². The Morgan fingerprint density at radius 1 is 1.14 bits per heavy atom. The van der Waals surface area contributed by atoms with Gasteiger partial charge in [0.2, 0.25) is 5.91 Å². The molecule has 150 valence electrons. The SMILES string of the molecule is Cc1ccc(F)c2c(=O)c3c([nH]c12)CCN(CC(=O)Nc1ccc(F)c(F)c1)C3. The summed E-state index contributed by atoms with van der Waals surface area (Å²) < 4.78 is 40.5. The summed E-state index contributed by atoms with van der Waals surface area (Å²) in [6, 6.07) is 6.00. The van der Waals surface area contributed by atoms with Crippen molar-refractivity contribution in [2.24, 2.45) is 0 Å². The number of amides is 1. The predicted molar refractivity (Wildman–Crippen MR) is 103 cm³/mol. The minimum atomic E-state index is -1.05. The molecule has 2 aromatic carbocycles. The van der Waals surface area contributed by atoms with E-state index in [9.17, 15) is 22.8 Å². The number of carbonyl (C=O) groups is 1. The van der Waals surface area contributed by atoms with E-state index in [0.717, 1.165) is 23.4 Å². The molecule has 3 aromatic rings. The number of carbonyl (C=O) groups excluding carboxylic acids is 1. The Kier molecular flexibility index (Phi) is 4.87. The van der Waals surface area contributed by atoms with Gasteiger partial charge in [-0.25, -0.2) is 13.2 Å². The zero-order chi connectivity index (χ0) is 20.7. The first kappa shape index (κ1) is 19.2. The van der Waals surface area contributed by atoms with Gasteiger partial charge in [0.05, 0.1) is 17.4 Å². The quantitative estimate of drug-likeness (QED) is 0.708. The van der Waals surface area contributed by atoms with Gasteiger partial charge in [-0.05, 0) is 30.7 Å². The third kappa shape index (κ3) is 3.63. The van der Waals surface area contributed by atoms with E-state index in [1.54, 1.807) is 11.0 Å². The maximum absolute atomic E-state index is 14.3. The summed E-state index contributed by atoms with van der Waals surface area (Å²) in [7, 11) is 0. The van der Waals surface area contributed by atoms with Gasteiger partial charge in [-0.3, -0.25) is 14.5 Å². The second-order valence-corrected chi connectivity index (χ2v) is 7.16. The van der Waals surface area contributed by atoms with Crippen molar-refractivity contribution < 1.29 is 18.0 Å². The van der Waals surface area contributed by atoms with Gasteiger partial charge in [-0.2, -0.15) is 0 Å². The number of nitrogens with zero attached hydrogens (tertiary/aromatic N) is 1. The summed E-state index contributed by atoms with van der Waals surface area (Å²) in [5, 5.41) is 2.53. The molecule has 0 spiro atoms. The van der Waals surface area contributed by atoms with Gasteiger partial charge in [0.1, 0.15) is 5.82 Å². The Bertz CT molecular complexity index is 1190. The summed E-state index contributed by atoms with van der Waals surface area (Å²) in [5.74, 6) is -3.04. The minimum absolute atomic E-state index is 0.0249. The van der Waals surface area contributed by atoms with E-state index in [2.05, 4.69) is 10.3 Å². The predicted octanol–water partition coefficient (Wildman–Crippen LogP) is 3.25. The zero-order valence-electron chi connectivity index (χ0n) is 15.6. The number of hydrogen-bond donors (Lipinski definition) is 2. The molecule has 0 radical (unpaired) electrons. The molecule has 0 saturated carbocycles. The fraction of sp³-hybridized carbons (Fsp3) is 0.238. The molecule has 2 heterocycles.